The number of hydrogen-bond donors (Lipinski definition) is 1. The topological polar surface area (TPSA) is 27.1 Å². The van der Waals surface area contributed by atoms with Gasteiger partial charge in [-0.05, 0) is 18.9 Å². The van der Waals surface area contributed by atoms with Gasteiger partial charge in [0.2, 0.25) is 0 Å². The van der Waals surface area contributed by atoms with Crippen molar-refractivity contribution in [1.29, 1.82) is 5.41 Å². The Morgan fingerprint density at radius 1 is 1.25 bits per heavy atom. The molecule has 4 heteroatoms. The molecule has 0 bridgehead atoms. The van der Waals surface area contributed by atoms with Crippen LogP contribution in [0.1, 0.15) is 24.8 Å². The monoisotopic (exact) mass is 224 g/mol. The summed E-state index contributed by atoms with van der Waals surface area (Å²) in [5, 5.41) is 7.74. The Bertz CT molecular complexity index is 404. The maximum absolute atomic E-state index is 13.4. The van der Waals surface area contributed by atoms with Gasteiger partial charge in [-0.2, -0.15) is 0 Å². The minimum atomic E-state index is -0.560. The van der Waals surface area contributed by atoms with Crippen LogP contribution in [-0.4, -0.2) is 17.3 Å². The van der Waals surface area contributed by atoms with Gasteiger partial charge in [0.15, 0.2) is 0 Å². The van der Waals surface area contributed by atoms with E-state index in [0.717, 1.165) is 31.9 Å². The molecule has 1 aromatic rings. The first-order valence-corrected chi connectivity index (χ1v) is 5.43. The normalized spacial score (nSPS) is 16.6. The first-order chi connectivity index (χ1) is 7.66. The molecule has 0 atom stereocenters. The van der Waals surface area contributed by atoms with Gasteiger partial charge in [0.25, 0.3) is 0 Å². The minimum absolute atomic E-state index is 0.366. The van der Waals surface area contributed by atoms with E-state index < -0.39 is 11.6 Å². The Hall–Kier alpha value is -1.45. The number of benzene rings is 1. The van der Waals surface area contributed by atoms with E-state index in [1.807, 2.05) is 4.90 Å². The van der Waals surface area contributed by atoms with Crippen LogP contribution in [0.15, 0.2) is 18.2 Å². The summed E-state index contributed by atoms with van der Waals surface area (Å²) < 4.78 is 26.1. The molecule has 2 rings (SSSR count). The predicted octanol–water partition coefficient (Wildman–Crippen LogP) is 2.93. The molecule has 16 heavy (non-hydrogen) atoms. The van der Waals surface area contributed by atoms with Gasteiger partial charge in [-0.25, -0.2) is 8.78 Å². The Balaban J connectivity index is 2.10. The predicted molar refractivity (Wildman–Crippen MR) is 58.3 cm³/mol. The Kier molecular flexibility index (Phi) is 3.17. The lowest BCUT2D eigenvalue weighted by atomic mass is 10.1. The van der Waals surface area contributed by atoms with E-state index in [0.29, 0.717) is 17.9 Å². The summed E-state index contributed by atoms with van der Waals surface area (Å²) in [6.45, 7) is 1.15. The largest absolute Gasteiger partial charge is 0.356 e. The van der Waals surface area contributed by atoms with Crippen molar-refractivity contribution in [2.75, 3.05) is 6.54 Å². The summed E-state index contributed by atoms with van der Waals surface area (Å²) in [6, 6.07) is 3.60. The van der Waals surface area contributed by atoms with Crippen molar-refractivity contribution in [1.82, 2.24) is 4.90 Å². The highest BCUT2D eigenvalue weighted by molar-refractivity contribution is 5.79. The SMILES string of the molecule is N=C1CCCCN1Cc1ccc(F)cc1F. The van der Waals surface area contributed by atoms with Crippen LogP contribution < -0.4 is 0 Å². The number of halogens is 2. The van der Waals surface area contributed by atoms with E-state index in [2.05, 4.69) is 0 Å². The number of piperidine rings is 1. The van der Waals surface area contributed by atoms with E-state index in [4.69, 9.17) is 5.41 Å². The second-order valence-corrected chi connectivity index (χ2v) is 4.06. The fourth-order valence-electron chi connectivity index (χ4n) is 1.92. The smallest absolute Gasteiger partial charge is 0.131 e. The molecule has 0 spiro atoms. The Morgan fingerprint density at radius 3 is 2.75 bits per heavy atom. The summed E-state index contributed by atoms with van der Waals surface area (Å²) >= 11 is 0. The Morgan fingerprint density at radius 2 is 2.06 bits per heavy atom. The first kappa shape index (κ1) is 11.0. The van der Waals surface area contributed by atoms with E-state index in [1.165, 1.54) is 12.1 Å². The molecule has 1 aromatic carbocycles. The highest BCUT2D eigenvalue weighted by atomic mass is 19.1. The molecule has 0 unspecified atom stereocenters. The fourth-order valence-corrected chi connectivity index (χ4v) is 1.92. The van der Waals surface area contributed by atoms with Crippen molar-refractivity contribution in [3.05, 3.63) is 35.4 Å². The quantitative estimate of drug-likeness (QED) is 0.821. The zero-order valence-electron chi connectivity index (χ0n) is 8.97. The molecule has 1 N–H and O–H groups in total. The molecular formula is C12H14F2N2. The van der Waals surface area contributed by atoms with Crippen LogP contribution in [0.2, 0.25) is 0 Å². The molecule has 0 amide bonds. The van der Waals surface area contributed by atoms with Gasteiger partial charge in [-0.1, -0.05) is 6.07 Å². The summed E-state index contributed by atoms with van der Waals surface area (Å²) in [7, 11) is 0. The lowest BCUT2D eigenvalue weighted by Crippen LogP contribution is -2.34. The van der Waals surface area contributed by atoms with Gasteiger partial charge >= 0.3 is 0 Å². The van der Waals surface area contributed by atoms with Crippen LogP contribution in [0.3, 0.4) is 0 Å². The van der Waals surface area contributed by atoms with Gasteiger partial charge in [-0.15, -0.1) is 0 Å². The van der Waals surface area contributed by atoms with E-state index >= 15 is 0 Å². The number of nitrogens with one attached hydrogen (secondary N) is 1. The molecule has 0 aliphatic carbocycles. The maximum atomic E-state index is 13.4. The molecule has 1 fully saturated rings. The number of likely N-dealkylation sites (tertiary alicyclic amines) is 1. The molecule has 86 valence electrons. The molecule has 1 aliphatic rings. The highest BCUT2D eigenvalue weighted by Crippen LogP contribution is 2.17. The summed E-state index contributed by atoms with van der Waals surface area (Å²) in [6.07, 6.45) is 2.81. The van der Waals surface area contributed by atoms with E-state index in [-0.39, 0.29) is 0 Å². The minimum Gasteiger partial charge on any atom is -0.356 e. The number of nitrogens with zero attached hydrogens (tertiary/aromatic N) is 1. The summed E-state index contributed by atoms with van der Waals surface area (Å²) in [4.78, 5) is 1.85. The van der Waals surface area contributed by atoms with Crippen molar-refractivity contribution in [2.45, 2.75) is 25.8 Å². The van der Waals surface area contributed by atoms with Crippen LogP contribution in [-0.2, 0) is 6.54 Å². The van der Waals surface area contributed by atoms with Crippen molar-refractivity contribution >= 4 is 5.84 Å². The molecule has 2 nitrogen and oxygen atoms in total. The average molecular weight is 224 g/mol. The van der Waals surface area contributed by atoms with Crippen LogP contribution >= 0.6 is 0 Å². The molecule has 0 aromatic heterocycles. The zero-order chi connectivity index (χ0) is 11.5. The van der Waals surface area contributed by atoms with Crippen LogP contribution in [0.4, 0.5) is 8.78 Å². The fraction of sp³-hybridized carbons (Fsp3) is 0.417. The number of hydrogen-bond acceptors (Lipinski definition) is 1. The third-order valence-electron chi connectivity index (χ3n) is 2.85. The standard InChI is InChI=1S/C12H14F2N2/c13-10-5-4-9(11(14)7-10)8-16-6-2-1-3-12(16)15/h4-5,7,15H,1-3,6,8H2. The Labute approximate surface area is 93.4 Å². The molecule has 0 radical (unpaired) electrons. The van der Waals surface area contributed by atoms with Crippen molar-refractivity contribution in [2.24, 2.45) is 0 Å². The van der Waals surface area contributed by atoms with E-state index in [1.54, 1.807) is 0 Å². The van der Waals surface area contributed by atoms with Gasteiger partial charge < -0.3 is 4.90 Å². The van der Waals surface area contributed by atoms with Crippen molar-refractivity contribution in [3.63, 3.8) is 0 Å². The first-order valence-electron chi connectivity index (χ1n) is 5.43. The summed E-state index contributed by atoms with van der Waals surface area (Å²) in [5.41, 5.74) is 0.452. The van der Waals surface area contributed by atoms with Crippen molar-refractivity contribution in [3.8, 4) is 0 Å². The molecule has 1 saturated heterocycles. The lowest BCUT2D eigenvalue weighted by Gasteiger charge is -2.29. The molecule has 0 saturated carbocycles. The van der Waals surface area contributed by atoms with E-state index in [9.17, 15) is 8.78 Å². The third kappa shape index (κ3) is 2.38. The molecular weight excluding hydrogens is 210 g/mol. The van der Waals surface area contributed by atoms with Gasteiger partial charge in [0, 0.05) is 31.1 Å². The number of rotatable bonds is 2. The van der Waals surface area contributed by atoms with Crippen LogP contribution in [0, 0.1) is 17.0 Å². The van der Waals surface area contributed by atoms with Crippen molar-refractivity contribution < 1.29 is 8.78 Å². The average Bonchev–Trinajstić information content (AvgIpc) is 2.25. The molecule has 1 aliphatic heterocycles. The van der Waals surface area contributed by atoms with Crippen LogP contribution in [0.5, 0.6) is 0 Å². The maximum Gasteiger partial charge on any atom is 0.131 e. The third-order valence-corrected chi connectivity index (χ3v) is 2.85. The second kappa shape index (κ2) is 4.60. The lowest BCUT2D eigenvalue weighted by molar-refractivity contribution is 0.355. The van der Waals surface area contributed by atoms with Gasteiger partial charge in [0.05, 0.1) is 5.84 Å². The van der Waals surface area contributed by atoms with Crippen LogP contribution in [0.25, 0.3) is 0 Å². The highest BCUT2D eigenvalue weighted by Gasteiger charge is 2.16. The second-order valence-electron chi connectivity index (χ2n) is 4.06. The molecule has 1 heterocycles. The van der Waals surface area contributed by atoms with Gasteiger partial charge in [0.1, 0.15) is 11.6 Å². The zero-order valence-corrected chi connectivity index (χ0v) is 8.97. The summed E-state index contributed by atoms with van der Waals surface area (Å²) in [5.74, 6) is -0.539. The van der Waals surface area contributed by atoms with Gasteiger partial charge in [-0.3, -0.25) is 5.41 Å². The number of amidine groups is 1.